The average Bonchev–Trinajstić information content (AvgIpc) is 3.51. The third-order valence-electron chi connectivity index (χ3n) is 6.70. The lowest BCUT2D eigenvalue weighted by Crippen LogP contribution is -2.42. The normalized spacial score (nSPS) is 16.3. The van der Waals surface area contributed by atoms with Crippen molar-refractivity contribution < 1.29 is 9.59 Å². The SMILES string of the molecule is CC(CC(=O)N1CCc2sccc2C1c1ccccc1)C(=O)NCCc1c[nH]c2ccccc12. The van der Waals surface area contributed by atoms with Crippen molar-refractivity contribution in [2.75, 3.05) is 13.1 Å². The number of aromatic nitrogens is 1. The summed E-state index contributed by atoms with van der Waals surface area (Å²) in [5.41, 5.74) is 4.62. The Morgan fingerprint density at radius 3 is 2.76 bits per heavy atom. The van der Waals surface area contributed by atoms with Gasteiger partial charge in [0.2, 0.25) is 11.8 Å². The monoisotopic (exact) mass is 471 g/mol. The van der Waals surface area contributed by atoms with Gasteiger partial charge in [0.05, 0.1) is 6.04 Å². The summed E-state index contributed by atoms with van der Waals surface area (Å²) in [5, 5.41) is 6.32. The quantitative estimate of drug-likeness (QED) is 0.394. The Morgan fingerprint density at radius 2 is 1.91 bits per heavy atom. The van der Waals surface area contributed by atoms with E-state index < -0.39 is 0 Å². The van der Waals surface area contributed by atoms with E-state index in [1.54, 1.807) is 11.3 Å². The molecule has 3 heterocycles. The molecule has 0 fully saturated rings. The van der Waals surface area contributed by atoms with Crippen molar-refractivity contribution in [3.63, 3.8) is 0 Å². The van der Waals surface area contributed by atoms with Crippen LogP contribution in [0.1, 0.15) is 41.0 Å². The average molecular weight is 472 g/mol. The Balaban J connectivity index is 1.21. The number of amides is 2. The smallest absolute Gasteiger partial charge is 0.224 e. The van der Waals surface area contributed by atoms with Crippen molar-refractivity contribution in [3.05, 3.63) is 93.8 Å². The molecule has 2 aromatic heterocycles. The number of para-hydroxylation sites is 1. The van der Waals surface area contributed by atoms with Gasteiger partial charge in [0.25, 0.3) is 0 Å². The molecule has 0 bridgehead atoms. The first-order valence-electron chi connectivity index (χ1n) is 11.8. The molecule has 2 aromatic carbocycles. The fourth-order valence-electron chi connectivity index (χ4n) is 4.88. The minimum Gasteiger partial charge on any atom is -0.361 e. The van der Waals surface area contributed by atoms with Crippen LogP contribution in [0.25, 0.3) is 10.9 Å². The van der Waals surface area contributed by atoms with E-state index in [1.807, 2.05) is 54.4 Å². The lowest BCUT2D eigenvalue weighted by molar-refractivity contribution is -0.137. The lowest BCUT2D eigenvalue weighted by Gasteiger charge is -2.37. The van der Waals surface area contributed by atoms with Gasteiger partial charge in [0.15, 0.2) is 0 Å². The zero-order chi connectivity index (χ0) is 23.5. The van der Waals surface area contributed by atoms with Crippen LogP contribution in [0.15, 0.2) is 72.2 Å². The summed E-state index contributed by atoms with van der Waals surface area (Å²) >= 11 is 1.76. The van der Waals surface area contributed by atoms with Crippen LogP contribution in [0, 0.1) is 5.92 Å². The Kier molecular flexibility index (Phi) is 6.50. The van der Waals surface area contributed by atoms with Crippen molar-refractivity contribution in [2.24, 2.45) is 5.92 Å². The second-order valence-electron chi connectivity index (χ2n) is 8.96. The number of aromatic amines is 1. The zero-order valence-corrected chi connectivity index (χ0v) is 20.1. The van der Waals surface area contributed by atoms with E-state index in [-0.39, 0.29) is 30.2 Å². The van der Waals surface area contributed by atoms with Gasteiger partial charge in [-0.3, -0.25) is 9.59 Å². The molecule has 4 aromatic rings. The highest BCUT2D eigenvalue weighted by Gasteiger charge is 2.33. The molecule has 1 aliphatic rings. The molecule has 1 aliphatic heterocycles. The van der Waals surface area contributed by atoms with Crippen molar-refractivity contribution in [2.45, 2.75) is 32.2 Å². The van der Waals surface area contributed by atoms with E-state index >= 15 is 0 Å². The Hall–Kier alpha value is -3.38. The summed E-state index contributed by atoms with van der Waals surface area (Å²) in [5.74, 6) is -0.418. The lowest BCUT2D eigenvalue weighted by atomic mass is 9.92. The summed E-state index contributed by atoms with van der Waals surface area (Å²) in [6, 6.07) is 20.4. The van der Waals surface area contributed by atoms with Crippen molar-refractivity contribution in [1.82, 2.24) is 15.2 Å². The van der Waals surface area contributed by atoms with Crippen LogP contribution in [0.5, 0.6) is 0 Å². The number of fused-ring (bicyclic) bond motifs is 2. The van der Waals surface area contributed by atoms with E-state index in [2.05, 4.69) is 39.9 Å². The standard InChI is InChI=1S/C28H29N3O2S/c1-19(28(33)29-14-11-21-18-30-24-10-6-5-9-22(21)24)17-26(32)31-15-12-25-23(13-16-34-25)27(31)20-7-3-2-4-8-20/h2-10,13,16,18-19,27,30H,11-12,14-15,17H2,1H3,(H,29,33). The molecule has 5 nitrogen and oxygen atoms in total. The molecule has 6 heteroatoms. The first-order chi connectivity index (χ1) is 16.6. The van der Waals surface area contributed by atoms with Gasteiger partial charge in [0, 0.05) is 47.4 Å². The van der Waals surface area contributed by atoms with E-state index in [1.165, 1.54) is 21.4 Å². The number of nitrogens with zero attached hydrogens (tertiary/aromatic N) is 1. The van der Waals surface area contributed by atoms with Gasteiger partial charge in [-0.1, -0.05) is 55.5 Å². The maximum atomic E-state index is 13.4. The number of carbonyl (C=O) groups excluding carboxylic acids is 2. The molecular weight excluding hydrogens is 442 g/mol. The second-order valence-corrected chi connectivity index (χ2v) is 9.96. The molecule has 0 saturated heterocycles. The Bertz CT molecular complexity index is 1290. The minimum atomic E-state index is -0.379. The van der Waals surface area contributed by atoms with Crippen LogP contribution in [-0.4, -0.2) is 34.8 Å². The summed E-state index contributed by atoms with van der Waals surface area (Å²) in [6.07, 6.45) is 3.83. The van der Waals surface area contributed by atoms with E-state index in [9.17, 15) is 9.59 Å². The first-order valence-corrected chi connectivity index (χ1v) is 12.7. The number of rotatable bonds is 7. The highest BCUT2D eigenvalue weighted by Crippen LogP contribution is 2.38. The maximum Gasteiger partial charge on any atom is 0.224 e. The van der Waals surface area contributed by atoms with Crippen LogP contribution in [-0.2, 0) is 22.4 Å². The van der Waals surface area contributed by atoms with E-state index in [0.717, 1.165) is 23.9 Å². The fraction of sp³-hybridized carbons (Fsp3) is 0.286. The van der Waals surface area contributed by atoms with Gasteiger partial charge >= 0.3 is 0 Å². The predicted octanol–water partition coefficient (Wildman–Crippen LogP) is 5.09. The van der Waals surface area contributed by atoms with Crippen molar-refractivity contribution in [3.8, 4) is 0 Å². The molecule has 0 radical (unpaired) electrons. The van der Waals surface area contributed by atoms with Crippen LogP contribution in [0.2, 0.25) is 0 Å². The Morgan fingerprint density at radius 1 is 1.12 bits per heavy atom. The number of hydrogen-bond acceptors (Lipinski definition) is 3. The topological polar surface area (TPSA) is 65.2 Å². The number of carbonyl (C=O) groups is 2. The number of benzene rings is 2. The van der Waals surface area contributed by atoms with E-state index in [4.69, 9.17) is 0 Å². The van der Waals surface area contributed by atoms with Crippen LogP contribution >= 0.6 is 11.3 Å². The van der Waals surface area contributed by atoms with Gasteiger partial charge in [-0.15, -0.1) is 11.3 Å². The molecular formula is C28H29N3O2S. The molecule has 2 atom stereocenters. The summed E-state index contributed by atoms with van der Waals surface area (Å²) < 4.78 is 0. The van der Waals surface area contributed by atoms with Crippen LogP contribution < -0.4 is 5.32 Å². The largest absolute Gasteiger partial charge is 0.361 e. The molecule has 2 N–H and O–H groups in total. The van der Waals surface area contributed by atoms with Gasteiger partial charge in [0.1, 0.15) is 0 Å². The Labute approximate surface area is 203 Å². The first kappa shape index (κ1) is 22.4. The number of H-pyrrole nitrogens is 1. The molecule has 0 aliphatic carbocycles. The van der Waals surface area contributed by atoms with Crippen molar-refractivity contribution >= 4 is 34.1 Å². The molecule has 0 saturated carbocycles. The summed E-state index contributed by atoms with van der Waals surface area (Å²) in [4.78, 5) is 32.7. The highest BCUT2D eigenvalue weighted by atomic mass is 32.1. The third-order valence-corrected chi connectivity index (χ3v) is 7.69. The summed E-state index contributed by atoms with van der Waals surface area (Å²) in [6.45, 7) is 3.07. The maximum absolute atomic E-state index is 13.4. The minimum absolute atomic E-state index is 0.0324. The van der Waals surface area contributed by atoms with Crippen LogP contribution in [0.3, 0.4) is 0 Å². The number of hydrogen-bond donors (Lipinski definition) is 2. The van der Waals surface area contributed by atoms with Gasteiger partial charge in [-0.05, 0) is 47.0 Å². The van der Waals surface area contributed by atoms with E-state index in [0.29, 0.717) is 13.1 Å². The second kappa shape index (κ2) is 9.85. The molecule has 2 unspecified atom stereocenters. The third kappa shape index (κ3) is 4.50. The molecule has 174 valence electrons. The molecule has 34 heavy (non-hydrogen) atoms. The highest BCUT2D eigenvalue weighted by molar-refractivity contribution is 7.10. The van der Waals surface area contributed by atoms with Gasteiger partial charge < -0.3 is 15.2 Å². The fourth-order valence-corrected chi connectivity index (χ4v) is 5.79. The van der Waals surface area contributed by atoms with Gasteiger partial charge in [-0.2, -0.15) is 0 Å². The van der Waals surface area contributed by atoms with Crippen molar-refractivity contribution in [1.29, 1.82) is 0 Å². The molecule has 2 amide bonds. The predicted molar refractivity (Wildman–Crippen MR) is 137 cm³/mol. The number of nitrogens with one attached hydrogen (secondary N) is 2. The summed E-state index contributed by atoms with van der Waals surface area (Å²) in [7, 11) is 0. The van der Waals surface area contributed by atoms with Crippen LogP contribution in [0.4, 0.5) is 0 Å². The molecule has 0 spiro atoms. The zero-order valence-electron chi connectivity index (χ0n) is 19.3. The molecule has 5 rings (SSSR count). The number of thiophene rings is 1. The van der Waals surface area contributed by atoms with Gasteiger partial charge in [-0.25, -0.2) is 0 Å².